The van der Waals surface area contributed by atoms with E-state index in [2.05, 4.69) is 29.6 Å². The highest BCUT2D eigenvalue weighted by atomic mass is 32.2. The van der Waals surface area contributed by atoms with Gasteiger partial charge >= 0.3 is 6.36 Å². The molecule has 0 spiro atoms. The third-order valence-electron chi connectivity index (χ3n) is 8.45. The summed E-state index contributed by atoms with van der Waals surface area (Å²) in [5.41, 5.74) is 2.65. The smallest absolute Gasteiger partial charge is 0.493 e. The van der Waals surface area contributed by atoms with Gasteiger partial charge in [-0.3, -0.25) is 4.90 Å². The van der Waals surface area contributed by atoms with Gasteiger partial charge in [0.15, 0.2) is 16.7 Å². The SMILES string of the molecule is O=S(O)C(C1CCC(c2[nH]cnc3cnc4nccc4c23)CC1)N1CCCC(COc2ccc(OC(F)(F)F)cc2)C1. The van der Waals surface area contributed by atoms with E-state index in [1.807, 2.05) is 6.07 Å². The van der Waals surface area contributed by atoms with E-state index in [9.17, 15) is 21.9 Å². The Kier molecular flexibility index (Phi) is 8.33. The maximum atomic E-state index is 12.7. The van der Waals surface area contributed by atoms with Gasteiger partial charge in [-0.25, -0.2) is 19.2 Å². The normalized spacial score (nSPS) is 23.6. The molecule has 1 saturated carbocycles. The first-order valence-electron chi connectivity index (χ1n) is 14.1. The van der Waals surface area contributed by atoms with Crippen LogP contribution in [0.1, 0.15) is 50.1 Å². The first kappa shape index (κ1) is 28.8. The van der Waals surface area contributed by atoms with E-state index in [1.165, 1.54) is 24.3 Å². The molecule has 42 heavy (non-hydrogen) atoms. The number of halogens is 3. The van der Waals surface area contributed by atoms with E-state index < -0.39 is 22.8 Å². The molecule has 1 aromatic carbocycles. The van der Waals surface area contributed by atoms with Crippen molar-refractivity contribution in [2.24, 2.45) is 11.8 Å². The predicted molar refractivity (Wildman–Crippen MR) is 151 cm³/mol. The van der Waals surface area contributed by atoms with E-state index in [-0.39, 0.29) is 23.5 Å². The van der Waals surface area contributed by atoms with Crippen molar-refractivity contribution in [3.63, 3.8) is 0 Å². The molecule has 4 heterocycles. The topological polar surface area (TPSA) is 113 Å². The Labute approximate surface area is 243 Å². The maximum absolute atomic E-state index is 12.7. The summed E-state index contributed by atoms with van der Waals surface area (Å²) in [5, 5.41) is 1.57. The van der Waals surface area contributed by atoms with Crippen LogP contribution in [0.2, 0.25) is 0 Å². The number of aromatic amines is 1. The molecule has 9 nitrogen and oxygen atoms in total. The second kappa shape index (κ2) is 12.1. The fourth-order valence-corrected chi connectivity index (χ4v) is 7.64. The zero-order chi connectivity index (χ0) is 29.3. The quantitative estimate of drug-likeness (QED) is 0.235. The van der Waals surface area contributed by atoms with E-state index >= 15 is 0 Å². The Morgan fingerprint density at radius 1 is 1.05 bits per heavy atom. The molecule has 0 amide bonds. The molecule has 1 saturated heterocycles. The van der Waals surface area contributed by atoms with Crippen LogP contribution in [0.5, 0.6) is 11.5 Å². The molecule has 2 aliphatic rings. The Morgan fingerprint density at radius 3 is 2.55 bits per heavy atom. The van der Waals surface area contributed by atoms with Crippen molar-refractivity contribution in [3.05, 3.63) is 54.7 Å². The number of likely N-dealkylation sites (tertiary alicyclic amines) is 1. The summed E-state index contributed by atoms with van der Waals surface area (Å²) >= 11 is -2.01. The highest BCUT2D eigenvalue weighted by Gasteiger charge is 2.38. The van der Waals surface area contributed by atoms with E-state index in [0.717, 1.165) is 67.1 Å². The van der Waals surface area contributed by atoms with Crippen molar-refractivity contribution in [2.75, 3.05) is 19.7 Å². The Balaban J connectivity index is 1.08. The minimum atomic E-state index is -4.74. The van der Waals surface area contributed by atoms with Crippen molar-refractivity contribution in [2.45, 2.75) is 56.2 Å². The van der Waals surface area contributed by atoms with Gasteiger partial charge in [0.2, 0.25) is 0 Å². The van der Waals surface area contributed by atoms with Gasteiger partial charge in [0.25, 0.3) is 0 Å². The summed E-state index contributed by atoms with van der Waals surface area (Å²) in [7, 11) is 0. The fourth-order valence-electron chi connectivity index (χ4n) is 6.60. The third-order valence-corrected chi connectivity index (χ3v) is 9.55. The Morgan fingerprint density at radius 2 is 1.81 bits per heavy atom. The van der Waals surface area contributed by atoms with Crippen molar-refractivity contribution in [1.82, 2.24) is 24.8 Å². The monoisotopic (exact) mass is 603 g/mol. The highest BCUT2D eigenvalue weighted by molar-refractivity contribution is 7.79. The van der Waals surface area contributed by atoms with Crippen LogP contribution in [0.25, 0.3) is 21.9 Å². The highest BCUT2D eigenvalue weighted by Crippen LogP contribution is 2.41. The molecule has 6 rings (SSSR count). The number of ether oxygens (including phenoxy) is 2. The van der Waals surface area contributed by atoms with Crippen LogP contribution in [0, 0.1) is 11.8 Å². The second-order valence-electron chi connectivity index (χ2n) is 11.1. The lowest BCUT2D eigenvalue weighted by Crippen LogP contribution is -2.49. The number of fused-ring (bicyclic) bond motifs is 3. The Bertz CT molecular complexity index is 1540. The predicted octanol–water partition coefficient (Wildman–Crippen LogP) is 6.02. The largest absolute Gasteiger partial charge is 0.573 e. The molecule has 2 N–H and O–H groups in total. The Hall–Kier alpha value is -3.29. The van der Waals surface area contributed by atoms with Gasteiger partial charge in [-0.15, -0.1) is 13.2 Å². The van der Waals surface area contributed by atoms with Crippen LogP contribution >= 0.6 is 0 Å². The van der Waals surface area contributed by atoms with Crippen LogP contribution in [-0.2, 0) is 11.1 Å². The average molecular weight is 604 g/mol. The maximum Gasteiger partial charge on any atom is 0.573 e. The molecule has 0 bridgehead atoms. The van der Waals surface area contributed by atoms with Crippen LogP contribution in [-0.4, -0.2) is 65.0 Å². The third kappa shape index (κ3) is 6.37. The van der Waals surface area contributed by atoms with Crippen LogP contribution < -0.4 is 9.47 Å². The van der Waals surface area contributed by atoms with Gasteiger partial charge in [-0.05, 0) is 87.2 Å². The number of piperidine rings is 1. The van der Waals surface area contributed by atoms with Crippen LogP contribution in [0.4, 0.5) is 13.2 Å². The second-order valence-corrected chi connectivity index (χ2v) is 12.2. The molecule has 224 valence electrons. The molecular weight excluding hydrogens is 571 g/mol. The first-order chi connectivity index (χ1) is 20.2. The van der Waals surface area contributed by atoms with Gasteiger partial charge in [0, 0.05) is 35.1 Å². The van der Waals surface area contributed by atoms with Crippen molar-refractivity contribution >= 4 is 33.0 Å². The fraction of sp³-hybridized carbons (Fsp3) is 0.483. The van der Waals surface area contributed by atoms with Gasteiger partial charge in [-0.2, -0.15) is 0 Å². The molecule has 2 fully saturated rings. The zero-order valence-electron chi connectivity index (χ0n) is 22.8. The molecule has 4 aromatic rings. The number of nitrogens with one attached hydrogen (secondary N) is 1. The average Bonchev–Trinajstić information content (AvgIpc) is 3.46. The molecule has 3 aromatic heterocycles. The van der Waals surface area contributed by atoms with Crippen LogP contribution in [0.15, 0.2) is 49.1 Å². The molecule has 3 unspecified atom stereocenters. The molecule has 1 aliphatic carbocycles. The van der Waals surface area contributed by atoms with Crippen molar-refractivity contribution in [1.29, 1.82) is 0 Å². The van der Waals surface area contributed by atoms with E-state index in [0.29, 0.717) is 24.5 Å². The van der Waals surface area contributed by atoms with E-state index in [4.69, 9.17) is 4.74 Å². The minimum absolute atomic E-state index is 0.0864. The number of hydrogen-bond acceptors (Lipinski definition) is 7. The number of hydrogen-bond donors (Lipinski definition) is 2. The number of alkyl halides is 3. The standard InChI is InChI=1S/C29H32F3N5O4S/c30-29(31,32)41-22-9-7-21(8-10-22)40-16-18-2-1-13-37(15-18)28(42(38)39)20-5-3-19(4-6-20)26-25-23-11-12-33-27(23)34-14-24(25)35-17-36-26/h7-12,14,17-20,28H,1-6,13,15-16H2,(H,35,36)(H,38,39). The van der Waals surface area contributed by atoms with Crippen LogP contribution in [0.3, 0.4) is 0 Å². The van der Waals surface area contributed by atoms with Gasteiger partial charge in [0.1, 0.15) is 16.9 Å². The number of benzene rings is 1. The molecular formula is C29H32F3N5O4S. The van der Waals surface area contributed by atoms with E-state index in [1.54, 1.807) is 18.7 Å². The lowest BCUT2D eigenvalue weighted by atomic mass is 9.79. The summed E-state index contributed by atoms with van der Waals surface area (Å²) < 4.78 is 70.1. The number of nitrogens with zero attached hydrogens (tertiary/aromatic N) is 4. The molecule has 13 heteroatoms. The molecule has 0 radical (unpaired) electrons. The number of H-pyrrole nitrogens is 1. The van der Waals surface area contributed by atoms with Crippen molar-refractivity contribution in [3.8, 4) is 11.5 Å². The number of rotatable bonds is 8. The lowest BCUT2D eigenvalue weighted by Gasteiger charge is -2.42. The van der Waals surface area contributed by atoms with Gasteiger partial charge < -0.3 is 19.0 Å². The summed E-state index contributed by atoms with van der Waals surface area (Å²) in [5.74, 6) is 0.649. The van der Waals surface area contributed by atoms with Gasteiger partial charge in [0.05, 0.1) is 24.6 Å². The van der Waals surface area contributed by atoms with Crippen molar-refractivity contribution < 1.29 is 31.4 Å². The van der Waals surface area contributed by atoms with Gasteiger partial charge in [-0.1, -0.05) is 0 Å². The summed E-state index contributed by atoms with van der Waals surface area (Å²) in [6, 6.07) is 7.31. The first-order valence-corrected chi connectivity index (χ1v) is 15.3. The number of pyridine rings is 1. The molecule has 3 atom stereocenters. The summed E-state index contributed by atoms with van der Waals surface area (Å²) in [4.78, 5) is 18.7. The molecule has 1 aliphatic heterocycles. The lowest BCUT2D eigenvalue weighted by molar-refractivity contribution is -0.274. The zero-order valence-corrected chi connectivity index (χ0v) is 23.6. The summed E-state index contributed by atoms with van der Waals surface area (Å²) in [6.45, 7) is 1.75. The number of aromatic nitrogens is 4. The summed E-state index contributed by atoms with van der Waals surface area (Å²) in [6.07, 6.45) is 5.71. The minimum Gasteiger partial charge on any atom is -0.493 e.